The maximum absolute atomic E-state index is 13.6. The standard InChI is InChI=1S/C22H25F2N5O3/c1-13-3-4-16(7-14(13)2)26-19(31)15-5-6-29(10-15)20(32)17(30)8-21(11-22(23,24)12-21)18-9-25-28-27-18/h3-4,7,9,15H,5-6,8,10-12H2,1-2H3,(H,26,31)(H,25,27,28)/t15-/m0/s1. The zero-order valence-corrected chi connectivity index (χ0v) is 18.0. The number of benzene rings is 1. The van der Waals surface area contributed by atoms with Gasteiger partial charge in [-0.05, 0) is 43.5 Å². The average molecular weight is 445 g/mol. The number of nitrogens with one attached hydrogen (secondary N) is 2. The van der Waals surface area contributed by atoms with Crippen LogP contribution in [0, 0.1) is 19.8 Å². The van der Waals surface area contributed by atoms with Crippen LogP contribution in [0.25, 0.3) is 0 Å². The molecule has 2 heterocycles. The first-order valence-corrected chi connectivity index (χ1v) is 10.5. The molecule has 1 saturated carbocycles. The fourth-order valence-corrected chi connectivity index (χ4v) is 4.57. The van der Waals surface area contributed by atoms with Gasteiger partial charge in [0.25, 0.3) is 5.91 Å². The third kappa shape index (κ3) is 4.26. The van der Waals surface area contributed by atoms with Gasteiger partial charge in [0.2, 0.25) is 17.6 Å². The highest BCUT2D eigenvalue weighted by Gasteiger charge is 2.59. The van der Waals surface area contributed by atoms with Crippen molar-refractivity contribution in [1.29, 1.82) is 0 Å². The molecule has 2 aliphatic rings. The summed E-state index contributed by atoms with van der Waals surface area (Å²) < 4.78 is 27.3. The van der Waals surface area contributed by atoms with Crippen molar-refractivity contribution in [2.75, 3.05) is 18.4 Å². The Morgan fingerprint density at radius 1 is 1.22 bits per heavy atom. The van der Waals surface area contributed by atoms with Crippen LogP contribution in [0.3, 0.4) is 0 Å². The molecule has 1 aromatic heterocycles. The van der Waals surface area contributed by atoms with E-state index >= 15 is 0 Å². The third-order valence-corrected chi connectivity index (χ3v) is 6.51. The SMILES string of the molecule is Cc1ccc(NC(=O)[C@H]2CCN(C(=O)C(=O)CC3(c4cn[nH]n4)CC(F)(F)C3)C2)cc1C. The summed E-state index contributed by atoms with van der Waals surface area (Å²) in [5.41, 5.74) is 1.92. The first kappa shape index (κ1) is 22.0. The normalized spacial score (nSPS) is 21.1. The molecular weight excluding hydrogens is 420 g/mol. The molecule has 0 bridgehead atoms. The van der Waals surface area contributed by atoms with Crippen LogP contribution in [0.4, 0.5) is 14.5 Å². The number of aromatic nitrogens is 3. The number of alkyl halides is 2. The topological polar surface area (TPSA) is 108 Å². The molecule has 1 aromatic carbocycles. The maximum atomic E-state index is 13.6. The molecule has 10 heteroatoms. The number of aromatic amines is 1. The van der Waals surface area contributed by atoms with Crippen LogP contribution in [0.5, 0.6) is 0 Å². The quantitative estimate of drug-likeness (QED) is 0.665. The van der Waals surface area contributed by atoms with Crippen LogP contribution in [-0.4, -0.2) is 56.9 Å². The number of nitrogens with zero attached hydrogens (tertiary/aromatic N) is 3. The molecule has 2 aromatic rings. The van der Waals surface area contributed by atoms with E-state index < -0.39 is 41.8 Å². The molecule has 0 unspecified atom stereocenters. The second kappa shape index (κ2) is 8.07. The van der Waals surface area contributed by atoms with Gasteiger partial charge in [-0.3, -0.25) is 14.4 Å². The molecule has 170 valence electrons. The van der Waals surface area contributed by atoms with E-state index in [1.165, 1.54) is 11.1 Å². The lowest BCUT2D eigenvalue weighted by molar-refractivity contribution is -0.153. The Balaban J connectivity index is 1.36. The number of ketones is 1. The number of anilines is 1. The van der Waals surface area contributed by atoms with E-state index in [1.54, 1.807) is 0 Å². The van der Waals surface area contributed by atoms with E-state index in [1.807, 2.05) is 32.0 Å². The molecule has 2 fully saturated rings. The van der Waals surface area contributed by atoms with Gasteiger partial charge in [-0.2, -0.15) is 15.4 Å². The summed E-state index contributed by atoms with van der Waals surface area (Å²) in [6, 6.07) is 5.62. The van der Waals surface area contributed by atoms with Gasteiger partial charge in [0.1, 0.15) is 0 Å². The van der Waals surface area contributed by atoms with Gasteiger partial charge in [0.05, 0.1) is 17.8 Å². The number of carbonyl (C=O) groups excluding carboxylic acids is 3. The van der Waals surface area contributed by atoms with Crippen molar-refractivity contribution in [3.63, 3.8) is 0 Å². The molecule has 1 aliphatic carbocycles. The summed E-state index contributed by atoms with van der Waals surface area (Å²) in [5.74, 6) is -5.05. The van der Waals surface area contributed by atoms with Crippen LogP contribution in [0.1, 0.15) is 42.5 Å². The van der Waals surface area contributed by atoms with Crippen LogP contribution >= 0.6 is 0 Å². The number of Topliss-reactive ketones (excluding diaryl/α,β-unsaturated/α-hetero) is 1. The minimum absolute atomic E-state index is 0.119. The van der Waals surface area contributed by atoms with E-state index in [0.29, 0.717) is 12.1 Å². The molecule has 1 aliphatic heterocycles. The number of carbonyl (C=O) groups is 3. The summed E-state index contributed by atoms with van der Waals surface area (Å²) in [7, 11) is 0. The second-order valence-corrected chi connectivity index (χ2v) is 8.97. The second-order valence-electron chi connectivity index (χ2n) is 8.97. The molecule has 0 radical (unpaired) electrons. The number of H-pyrrole nitrogens is 1. The molecule has 2 amide bonds. The first-order valence-electron chi connectivity index (χ1n) is 10.5. The van der Waals surface area contributed by atoms with Gasteiger partial charge in [-0.25, -0.2) is 8.78 Å². The fraction of sp³-hybridized carbons (Fsp3) is 0.500. The van der Waals surface area contributed by atoms with Gasteiger partial charge < -0.3 is 10.2 Å². The summed E-state index contributed by atoms with van der Waals surface area (Å²) in [5, 5.41) is 12.8. The number of likely N-dealkylation sites (tertiary alicyclic amines) is 1. The number of halogens is 2. The number of rotatable bonds is 6. The molecule has 2 N–H and O–H groups in total. The van der Waals surface area contributed by atoms with E-state index in [0.717, 1.165) is 11.1 Å². The lowest BCUT2D eigenvalue weighted by atomic mass is 9.61. The number of hydrogen-bond acceptors (Lipinski definition) is 5. The van der Waals surface area contributed by atoms with Gasteiger partial charge >= 0.3 is 0 Å². The van der Waals surface area contributed by atoms with E-state index in [4.69, 9.17) is 0 Å². The van der Waals surface area contributed by atoms with Gasteiger partial charge in [0, 0.05) is 43.5 Å². The fourth-order valence-electron chi connectivity index (χ4n) is 4.57. The molecule has 32 heavy (non-hydrogen) atoms. The van der Waals surface area contributed by atoms with Crippen LogP contribution < -0.4 is 5.32 Å². The van der Waals surface area contributed by atoms with Gasteiger partial charge in [0.15, 0.2) is 0 Å². The lowest BCUT2D eigenvalue weighted by Crippen LogP contribution is -2.52. The Bertz CT molecular complexity index is 1050. The summed E-state index contributed by atoms with van der Waals surface area (Å²) >= 11 is 0. The molecular formula is C22H25F2N5O3. The highest BCUT2D eigenvalue weighted by atomic mass is 19.3. The summed E-state index contributed by atoms with van der Waals surface area (Å²) in [6.45, 7) is 4.32. The minimum Gasteiger partial charge on any atom is -0.335 e. The van der Waals surface area contributed by atoms with Crippen LogP contribution in [0.2, 0.25) is 0 Å². The smallest absolute Gasteiger partial charge is 0.289 e. The predicted octanol–water partition coefficient (Wildman–Crippen LogP) is 2.53. The molecule has 4 rings (SSSR count). The average Bonchev–Trinajstić information content (AvgIpc) is 3.41. The Kier molecular flexibility index (Phi) is 5.56. The summed E-state index contributed by atoms with van der Waals surface area (Å²) in [4.78, 5) is 39.4. The molecule has 0 spiro atoms. The Labute approximate surface area is 183 Å². The minimum atomic E-state index is -2.90. The highest BCUT2D eigenvalue weighted by Crippen LogP contribution is 2.54. The number of amides is 2. The van der Waals surface area contributed by atoms with E-state index in [-0.39, 0.29) is 31.1 Å². The Hall–Kier alpha value is -3.17. The molecule has 1 saturated heterocycles. The zero-order valence-electron chi connectivity index (χ0n) is 18.0. The first-order chi connectivity index (χ1) is 15.1. The van der Waals surface area contributed by atoms with Gasteiger partial charge in [-0.15, -0.1) is 0 Å². The number of aryl methyl sites for hydroxylation is 2. The van der Waals surface area contributed by atoms with Crippen molar-refractivity contribution in [3.05, 3.63) is 41.2 Å². The Morgan fingerprint density at radius 3 is 2.59 bits per heavy atom. The van der Waals surface area contributed by atoms with Crippen molar-refractivity contribution in [1.82, 2.24) is 20.3 Å². The van der Waals surface area contributed by atoms with Crippen molar-refractivity contribution >= 4 is 23.3 Å². The van der Waals surface area contributed by atoms with Crippen molar-refractivity contribution < 1.29 is 23.2 Å². The monoisotopic (exact) mass is 445 g/mol. The summed E-state index contributed by atoms with van der Waals surface area (Å²) in [6.07, 6.45) is 0.293. The highest BCUT2D eigenvalue weighted by molar-refractivity contribution is 6.36. The third-order valence-electron chi connectivity index (χ3n) is 6.51. The largest absolute Gasteiger partial charge is 0.335 e. The lowest BCUT2D eigenvalue weighted by Gasteiger charge is -2.45. The maximum Gasteiger partial charge on any atom is 0.289 e. The zero-order chi connectivity index (χ0) is 23.1. The molecule has 8 nitrogen and oxygen atoms in total. The predicted molar refractivity (Wildman–Crippen MR) is 111 cm³/mol. The number of hydrogen-bond donors (Lipinski definition) is 2. The van der Waals surface area contributed by atoms with Crippen LogP contribution in [0.15, 0.2) is 24.4 Å². The molecule has 1 atom stereocenters. The Morgan fingerprint density at radius 2 is 1.97 bits per heavy atom. The van der Waals surface area contributed by atoms with Crippen molar-refractivity contribution in [2.24, 2.45) is 5.92 Å². The van der Waals surface area contributed by atoms with E-state index in [2.05, 4.69) is 20.7 Å². The van der Waals surface area contributed by atoms with Crippen molar-refractivity contribution in [3.8, 4) is 0 Å². The van der Waals surface area contributed by atoms with E-state index in [9.17, 15) is 23.2 Å². The van der Waals surface area contributed by atoms with Crippen molar-refractivity contribution in [2.45, 2.75) is 50.9 Å². The van der Waals surface area contributed by atoms with Crippen LogP contribution in [-0.2, 0) is 19.8 Å². The van der Waals surface area contributed by atoms with Gasteiger partial charge in [-0.1, -0.05) is 6.07 Å².